The fourth-order valence-electron chi connectivity index (χ4n) is 5.25. The Hall–Kier alpha value is -0.860. The first kappa shape index (κ1) is 20.9. The second-order valence-electron chi connectivity index (χ2n) is 8.50. The van der Waals surface area contributed by atoms with E-state index in [-0.39, 0.29) is 24.0 Å². The van der Waals surface area contributed by atoms with Crippen LogP contribution in [0.3, 0.4) is 0 Å². The fraction of sp³-hybridized carbons (Fsp3) is 0.850. The third-order valence-corrected chi connectivity index (χ3v) is 6.71. The molecule has 3 aliphatic rings. The number of hydrogen-bond donors (Lipinski definition) is 2. The molecule has 7 heteroatoms. The van der Waals surface area contributed by atoms with Gasteiger partial charge in [0.1, 0.15) is 11.6 Å². The average molecular weight is 486 g/mol. The van der Waals surface area contributed by atoms with Crippen molar-refractivity contribution < 1.29 is 0 Å². The van der Waals surface area contributed by atoms with Gasteiger partial charge >= 0.3 is 0 Å². The number of nitrogens with zero attached hydrogens (tertiary/aromatic N) is 4. The van der Waals surface area contributed by atoms with Gasteiger partial charge in [0.05, 0.1) is 0 Å². The number of nitrogens with one attached hydrogen (secondary N) is 2. The topological polar surface area (TPSA) is 67.1 Å². The molecule has 152 valence electrons. The Labute approximate surface area is 180 Å². The molecule has 4 atom stereocenters. The molecule has 2 fully saturated rings. The van der Waals surface area contributed by atoms with Gasteiger partial charge in [-0.05, 0) is 57.3 Å². The summed E-state index contributed by atoms with van der Waals surface area (Å²) in [6, 6.07) is 0.602. The van der Waals surface area contributed by atoms with Gasteiger partial charge in [-0.1, -0.05) is 19.3 Å². The van der Waals surface area contributed by atoms with Gasteiger partial charge in [0.2, 0.25) is 0 Å². The lowest BCUT2D eigenvalue weighted by molar-refractivity contribution is 0.239. The van der Waals surface area contributed by atoms with Gasteiger partial charge in [0.15, 0.2) is 5.96 Å². The zero-order valence-corrected chi connectivity index (χ0v) is 19.1. The molecule has 1 aromatic rings. The summed E-state index contributed by atoms with van der Waals surface area (Å²) in [5.74, 6) is 5.74. The van der Waals surface area contributed by atoms with Gasteiger partial charge in [-0.25, -0.2) is 0 Å². The summed E-state index contributed by atoms with van der Waals surface area (Å²) in [6.07, 6.45) is 10.6. The van der Waals surface area contributed by atoms with E-state index in [0.29, 0.717) is 12.0 Å². The van der Waals surface area contributed by atoms with Gasteiger partial charge in [-0.15, -0.1) is 34.2 Å². The van der Waals surface area contributed by atoms with E-state index in [9.17, 15) is 0 Å². The van der Waals surface area contributed by atoms with E-state index in [2.05, 4.69) is 32.3 Å². The molecule has 2 aliphatic carbocycles. The molecule has 0 amide bonds. The van der Waals surface area contributed by atoms with Gasteiger partial charge in [-0.3, -0.25) is 4.99 Å². The third kappa shape index (κ3) is 4.95. The molecule has 27 heavy (non-hydrogen) atoms. The average Bonchev–Trinajstić information content (AvgIpc) is 3.26. The minimum absolute atomic E-state index is 0. The van der Waals surface area contributed by atoms with E-state index in [0.717, 1.165) is 61.9 Å². The molecule has 2 saturated carbocycles. The largest absolute Gasteiger partial charge is 0.357 e. The minimum atomic E-state index is 0. The lowest BCUT2D eigenvalue weighted by Gasteiger charge is -2.33. The van der Waals surface area contributed by atoms with Crippen molar-refractivity contribution >= 4 is 29.9 Å². The van der Waals surface area contributed by atoms with Crippen LogP contribution in [0.25, 0.3) is 0 Å². The SMILES string of the molecule is CCNC(=NCC1CCc2nnc(C)n2C1)NC1CCC2CCCC2C1.I. The smallest absolute Gasteiger partial charge is 0.191 e. The number of guanidine groups is 1. The normalized spacial score (nSPS) is 30.2. The Balaban J connectivity index is 0.00000210. The predicted octanol–water partition coefficient (Wildman–Crippen LogP) is 3.29. The van der Waals surface area contributed by atoms with Crippen molar-refractivity contribution in [1.82, 2.24) is 25.4 Å². The molecular formula is C20H35IN6. The molecule has 2 N–H and O–H groups in total. The molecule has 0 spiro atoms. The van der Waals surface area contributed by atoms with Crippen LogP contribution in [0.4, 0.5) is 0 Å². The summed E-state index contributed by atoms with van der Waals surface area (Å²) in [6.45, 7) is 7.00. The van der Waals surface area contributed by atoms with Crippen LogP contribution >= 0.6 is 24.0 Å². The fourth-order valence-corrected chi connectivity index (χ4v) is 5.25. The van der Waals surface area contributed by atoms with Crippen molar-refractivity contribution in [1.29, 1.82) is 0 Å². The van der Waals surface area contributed by atoms with Gasteiger partial charge in [-0.2, -0.15) is 0 Å². The van der Waals surface area contributed by atoms with E-state index in [1.165, 1.54) is 38.5 Å². The molecule has 1 aromatic heterocycles. The Kier molecular flexibility index (Phi) is 7.39. The Bertz CT molecular complexity index is 642. The number of hydrogen-bond acceptors (Lipinski definition) is 3. The number of rotatable bonds is 4. The van der Waals surface area contributed by atoms with Gasteiger partial charge in [0.25, 0.3) is 0 Å². The van der Waals surface area contributed by atoms with Crippen LogP contribution in [-0.4, -0.2) is 39.9 Å². The van der Waals surface area contributed by atoms with Crippen LogP contribution in [0.1, 0.15) is 63.5 Å². The van der Waals surface area contributed by atoms with E-state index >= 15 is 0 Å². The van der Waals surface area contributed by atoms with Gasteiger partial charge in [0, 0.05) is 32.1 Å². The summed E-state index contributed by atoms with van der Waals surface area (Å²) in [5, 5.41) is 15.7. The number of halogens is 1. The highest BCUT2D eigenvalue weighted by Crippen LogP contribution is 2.42. The van der Waals surface area contributed by atoms with Crippen molar-refractivity contribution in [2.75, 3.05) is 13.1 Å². The Morgan fingerprint density at radius 2 is 2.00 bits per heavy atom. The molecule has 1 aliphatic heterocycles. The first-order chi connectivity index (χ1) is 12.7. The van der Waals surface area contributed by atoms with Crippen LogP contribution in [0.5, 0.6) is 0 Å². The molecule has 0 aromatic carbocycles. The Morgan fingerprint density at radius 3 is 2.85 bits per heavy atom. The number of aliphatic imine (C=N–C) groups is 1. The first-order valence-electron chi connectivity index (χ1n) is 10.7. The third-order valence-electron chi connectivity index (χ3n) is 6.71. The number of aromatic nitrogens is 3. The molecule has 4 unspecified atom stereocenters. The number of aryl methyl sites for hydroxylation is 2. The quantitative estimate of drug-likeness (QED) is 0.390. The van der Waals surface area contributed by atoms with Crippen molar-refractivity contribution in [3.63, 3.8) is 0 Å². The summed E-state index contributed by atoms with van der Waals surface area (Å²) in [4.78, 5) is 4.94. The highest BCUT2D eigenvalue weighted by molar-refractivity contribution is 14.0. The van der Waals surface area contributed by atoms with E-state index < -0.39 is 0 Å². The van der Waals surface area contributed by atoms with Crippen LogP contribution in [0, 0.1) is 24.7 Å². The van der Waals surface area contributed by atoms with Crippen LogP contribution in [-0.2, 0) is 13.0 Å². The summed E-state index contributed by atoms with van der Waals surface area (Å²) in [5.41, 5.74) is 0. The predicted molar refractivity (Wildman–Crippen MR) is 120 cm³/mol. The molecule has 0 radical (unpaired) electrons. The van der Waals surface area contributed by atoms with E-state index in [4.69, 9.17) is 4.99 Å². The lowest BCUT2D eigenvalue weighted by atomic mass is 9.79. The zero-order chi connectivity index (χ0) is 17.9. The molecule has 2 heterocycles. The van der Waals surface area contributed by atoms with Crippen LogP contribution < -0.4 is 10.6 Å². The molecular weight excluding hydrogens is 451 g/mol. The maximum absolute atomic E-state index is 4.94. The van der Waals surface area contributed by atoms with Crippen LogP contribution in [0.15, 0.2) is 4.99 Å². The van der Waals surface area contributed by atoms with E-state index in [1.807, 2.05) is 6.92 Å². The van der Waals surface area contributed by atoms with Crippen molar-refractivity contribution in [3.05, 3.63) is 11.6 Å². The van der Waals surface area contributed by atoms with Crippen molar-refractivity contribution in [3.8, 4) is 0 Å². The van der Waals surface area contributed by atoms with Crippen LogP contribution in [0.2, 0.25) is 0 Å². The monoisotopic (exact) mass is 486 g/mol. The molecule has 0 saturated heterocycles. The molecule has 6 nitrogen and oxygen atoms in total. The second kappa shape index (κ2) is 9.56. The van der Waals surface area contributed by atoms with Crippen molar-refractivity contribution in [2.45, 2.75) is 77.8 Å². The molecule has 4 rings (SSSR count). The maximum Gasteiger partial charge on any atom is 0.191 e. The zero-order valence-electron chi connectivity index (χ0n) is 16.8. The highest BCUT2D eigenvalue weighted by Gasteiger charge is 2.34. The summed E-state index contributed by atoms with van der Waals surface area (Å²) >= 11 is 0. The van der Waals surface area contributed by atoms with E-state index in [1.54, 1.807) is 0 Å². The second-order valence-corrected chi connectivity index (χ2v) is 8.50. The molecule has 0 bridgehead atoms. The summed E-state index contributed by atoms with van der Waals surface area (Å²) in [7, 11) is 0. The van der Waals surface area contributed by atoms with Gasteiger partial charge < -0.3 is 15.2 Å². The first-order valence-corrected chi connectivity index (χ1v) is 10.7. The standard InChI is InChI=1S/C20H34N6.HI/c1-3-21-20(23-18-9-8-16-5-4-6-17(16)11-18)22-12-15-7-10-19-25-24-14(2)26(19)13-15;/h15-18H,3-13H2,1-2H3,(H2,21,22,23);1H. The Morgan fingerprint density at radius 1 is 1.15 bits per heavy atom. The summed E-state index contributed by atoms with van der Waals surface area (Å²) < 4.78 is 2.27. The van der Waals surface area contributed by atoms with Crippen molar-refractivity contribution in [2.24, 2.45) is 22.7 Å². The lowest BCUT2D eigenvalue weighted by Crippen LogP contribution is -2.46. The highest BCUT2D eigenvalue weighted by atomic mass is 127. The maximum atomic E-state index is 4.94. The number of fused-ring (bicyclic) bond motifs is 2. The minimum Gasteiger partial charge on any atom is -0.357 e.